The van der Waals surface area contributed by atoms with Gasteiger partial charge < -0.3 is 14.2 Å². The van der Waals surface area contributed by atoms with Crippen molar-refractivity contribution in [2.75, 3.05) is 13.2 Å². The first-order valence-corrected chi connectivity index (χ1v) is 31.0. The second-order valence-corrected chi connectivity index (χ2v) is 20.2. The lowest BCUT2D eigenvalue weighted by molar-refractivity contribution is -0.166. The first kappa shape index (κ1) is 70.8. The molecule has 0 aliphatic carbocycles. The van der Waals surface area contributed by atoms with Crippen LogP contribution < -0.4 is 0 Å². The molecule has 0 aromatic carbocycles. The van der Waals surface area contributed by atoms with Crippen LogP contribution in [-0.2, 0) is 28.6 Å². The van der Waals surface area contributed by atoms with E-state index in [9.17, 15) is 14.4 Å². The van der Waals surface area contributed by atoms with Gasteiger partial charge in [-0.05, 0) is 89.9 Å². The van der Waals surface area contributed by atoms with Gasteiger partial charge >= 0.3 is 17.9 Å². The highest BCUT2D eigenvalue weighted by Gasteiger charge is 2.19. The van der Waals surface area contributed by atoms with Gasteiger partial charge in [0, 0.05) is 12.8 Å². The van der Waals surface area contributed by atoms with E-state index in [0.717, 1.165) is 103 Å². The minimum atomic E-state index is -0.829. The number of hydrogen-bond donors (Lipinski definition) is 0. The van der Waals surface area contributed by atoms with Crippen molar-refractivity contribution in [2.45, 2.75) is 284 Å². The van der Waals surface area contributed by atoms with E-state index in [1.165, 1.54) is 135 Å². The fraction of sp³-hybridized carbons (Fsp3) is 0.667. The van der Waals surface area contributed by atoms with Gasteiger partial charge in [0.05, 0.1) is 6.42 Å². The maximum absolute atomic E-state index is 12.7. The van der Waals surface area contributed by atoms with Crippen molar-refractivity contribution in [1.82, 2.24) is 0 Å². The quantitative estimate of drug-likeness (QED) is 0.0261. The monoisotopic (exact) mass is 1040 g/mol. The summed E-state index contributed by atoms with van der Waals surface area (Å²) in [6.45, 7) is 6.29. The maximum atomic E-state index is 12.7. The average Bonchev–Trinajstić information content (AvgIpc) is 3.41. The van der Waals surface area contributed by atoms with Gasteiger partial charge in [-0.2, -0.15) is 0 Å². The Hall–Kier alpha value is -4.19. The van der Waals surface area contributed by atoms with E-state index in [-0.39, 0.29) is 31.6 Å². The molecule has 0 aliphatic rings. The summed E-state index contributed by atoms with van der Waals surface area (Å²) in [6.07, 6.45) is 87.1. The number of hydrogen-bond acceptors (Lipinski definition) is 6. The lowest BCUT2D eigenvalue weighted by Gasteiger charge is -2.18. The smallest absolute Gasteiger partial charge is 0.310 e. The number of ether oxygens (including phenoxy) is 3. The van der Waals surface area contributed by atoms with Crippen LogP contribution in [0.4, 0.5) is 0 Å². The topological polar surface area (TPSA) is 78.9 Å². The molecular weight excluding hydrogens is 925 g/mol. The van der Waals surface area contributed by atoms with Crippen LogP contribution in [0.1, 0.15) is 278 Å². The summed E-state index contributed by atoms with van der Waals surface area (Å²) in [5.74, 6) is -1.05. The molecule has 426 valence electrons. The van der Waals surface area contributed by atoms with Gasteiger partial charge in [0.2, 0.25) is 0 Å². The Morgan fingerprint density at radius 3 is 0.880 bits per heavy atom. The third-order valence-corrected chi connectivity index (χ3v) is 13.0. The van der Waals surface area contributed by atoms with Crippen LogP contribution in [0.5, 0.6) is 0 Å². The molecule has 0 fully saturated rings. The lowest BCUT2D eigenvalue weighted by Crippen LogP contribution is -2.30. The lowest BCUT2D eigenvalue weighted by atomic mass is 10.0. The Balaban J connectivity index is 4.04. The highest BCUT2D eigenvalue weighted by atomic mass is 16.6. The highest BCUT2D eigenvalue weighted by Crippen LogP contribution is 2.16. The van der Waals surface area contributed by atoms with E-state index in [1.54, 1.807) is 6.08 Å². The van der Waals surface area contributed by atoms with Crippen molar-refractivity contribution < 1.29 is 28.6 Å². The molecule has 6 heteroatoms. The summed E-state index contributed by atoms with van der Waals surface area (Å²) in [5, 5.41) is 0. The number of rotatable bonds is 55. The minimum absolute atomic E-state index is 0.0967. The molecule has 0 aromatic rings. The van der Waals surface area contributed by atoms with Gasteiger partial charge in [-0.3, -0.25) is 14.4 Å². The van der Waals surface area contributed by atoms with E-state index in [1.807, 2.05) is 6.08 Å². The Morgan fingerprint density at radius 2 is 0.560 bits per heavy atom. The Kier molecular flexibility index (Phi) is 58.9. The summed E-state index contributed by atoms with van der Waals surface area (Å²) in [5.41, 5.74) is 0. The van der Waals surface area contributed by atoms with Crippen LogP contribution in [0, 0.1) is 0 Å². The first-order chi connectivity index (χ1) is 37.0. The van der Waals surface area contributed by atoms with Crippen molar-refractivity contribution in [1.29, 1.82) is 0 Å². The third-order valence-electron chi connectivity index (χ3n) is 13.0. The molecule has 0 aliphatic heterocycles. The van der Waals surface area contributed by atoms with E-state index < -0.39 is 12.1 Å². The largest absolute Gasteiger partial charge is 0.462 e. The number of carbonyl (C=O) groups is 3. The molecule has 0 aromatic heterocycles. The number of allylic oxidation sites excluding steroid dienone is 19. The molecule has 75 heavy (non-hydrogen) atoms. The van der Waals surface area contributed by atoms with Crippen LogP contribution in [0.3, 0.4) is 0 Å². The fourth-order valence-corrected chi connectivity index (χ4v) is 8.43. The maximum Gasteiger partial charge on any atom is 0.310 e. The molecule has 1 atom stereocenters. The summed E-state index contributed by atoms with van der Waals surface area (Å²) in [4.78, 5) is 37.9. The van der Waals surface area contributed by atoms with E-state index >= 15 is 0 Å². The van der Waals surface area contributed by atoms with Gasteiger partial charge in [0.1, 0.15) is 13.2 Å². The Bertz CT molecular complexity index is 1570. The second-order valence-electron chi connectivity index (χ2n) is 20.2. The van der Waals surface area contributed by atoms with Gasteiger partial charge in [-0.1, -0.05) is 290 Å². The molecule has 0 spiro atoms. The average molecular weight is 1040 g/mol. The summed E-state index contributed by atoms with van der Waals surface area (Å²) in [6, 6.07) is 0. The molecule has 0 N–H and O–H groups in total. The van der Waals surface area contributed by atoms with E-state index in [2.05, 4.69) is 130 Å². The van der Waals surface area contributed by atoms with Crippen LogP contribution in [-0.4, -0.2) is 37.2 Å². The fourth-order valence-electron chi connectivity index (χ4n) is 8.43. The number of carbonyl (C=O) groups excluding carboxylic acids is 3. The summed E-state index contributed by atoms with van der Waals surface area (Å²) >= 11 is 0. The van der Waals surface area contributed by atoms with Crippen LogP contribution in [0.15, 0.2) is 122 Å². The SMILES string of the molecule is CC/C=C\C/C=C\C/C=C\C/C=C\C/C=C\CCCCCCCCCCCCCCCCCCCCCC(=O)OCC(COC(=O)CCCCCCCCC)OC(=O)C/C=C\C/C=C\C/C=C\C/C=C\C/C=C\CC. The molecule has 0 bridgehead atoms. The molecule has 0 heterocycles. The van der Waals surface area contributed by atoms with Crippen LogP contribution in [0.25, 0.3) is 0 Å². The van der Waals surface area contributed by atoms with Crippen molar-refractivity contribution in [3.63, 3.8) is 0 Å². The molecule has 1 unspecified atom stereocenters. The molecule has 0 amide bonds. The van der Waals surface area contributed by atoms with Crippen LogP contribution in [0.2, 0.25) is 0 Å². The predicted molar refractivity (Wildman–Crippen MR) is 325 cm³/mol. The van der Waals surface area contributed by atoms with Crippen molar-refractivity contribution in [2.24, 2.45) is 0 Å². The van der Waals surface area contributed by atoms with Crippen molar-refractivity contribution in [3.05, 3.63) is 122 Å². The van der Waals surface area contributed by atoms with Crippen LogP contribution >= 0.6 is 0 Å². The third kappa shape index (κ3) is 60.6. The molecule has 0 radical (unpaired) electrons. The Morgan fingerprint density at radius 1 is 0.293 bits per heavy atom. The predicted octanol–water partition coefficient (Wildman–Crippen LogP) is 21.2. The van der Waals surface area contributed by atoms with Gasteiger partial charge in [0.25, 0.3) is 0 Å². The van der Waals surface area contributed by atoms with Crippen molar-refractivity contribution in [3.8, 4) is 0 Å². The Labute approximate surface area is 462 Å². The second kappa shape index (κ2) is 62.4. The molecule has 0 rings (SSSR count). The van der Waals surface area contributed by atoms with Gasteiger partial charge in [0.15, 0.2) is 6.10 Å². The van der Waals surface area contributed by atoms with E-state index in [4.69, 9.17) is 14.2 Å². The summed E-state index contributed by atoms with van der Waals surface area (Å²) < 4.78 is 16.7. The zero-order chi connectivity index (χ0) is 54.3. The zero-order valence-corrected chi connectivity index (χ0v) is 48.8. The molecule has 0 saturated carbocycles. The number of esters is 3. The molecular formula is C69H114O6. The highest BCUT2D eigenvalue weighted by molar-refractivity contribution is 5.72. The van der Waals surface area contributed by atoms with Gasteiger partial charge in [-0.25, -0.2) is 0 Å². The first-order valence-electron chi connectivity index (χ1n) is 31.0. The molecule has 0 saturated heterocycles. The minimum Gasteiger partial charge on any atom is -0.462 e. The summed E-state index contributed by atoms with van der Waals surface area (Å²) in [7, 11) is 0. The standard InChI is InChI=1S/C69H114O6/c1-4-7-10-13-16-18-20-22-24-25-26-27-28-29-30-31-32-33-34-35-36-37-38-39-40-41-42-43-45-46-48-50-53-56-59-62-68(71)74-65-66(64-73-67(70)61-58-55-52-15-12-9-6-3)75-69(72)63-60-57-54-51-49-47-44-23-21-19-17-14-11-8-5-2/h7-8,10-11,16-19,22-24,26-27,29-30,44,49,51,57,60,66H,4-6,9,12-15,20-21,25,28,31-43,45-48,50,52-56,58-59,61-65H2,1-3H3/b10-7-,11-8-,18-16-,19-17-,24-22-,27-26-,30-29-,44-23-,51-49-,60-57-. The number of unbranched alkanes of at least 4 members (excludes halogenated alkanes) is 25. The zero-order valence-electron chi connectivity index (χ0n) is 48.8. The van der Waals surface area contributed by atoms with E-state index in [0.29, 0.717) is 12.8 Å². The van der Waals surface area contributed by atoms with Crippen molar-refractivity contribution >= 4 is 17.9 Å². The normalized spacial score (nSPS) is 12.9. The van der Waals surface area contributed by atoms with Gasteiger partial charge in [-0.15, -0.1) is 0 Å². The molecule has 6 nitrogen and oxygen atoms in total.